The van der Waals surface area contributed by atoms with Gasteiger partial charge in [-0.15, -0.1) is 0 Å². The van der Waals surface area contributed by atoms with Gasteiger partial charge in [-0.3, -0.25) is 4.90 Å². The molecule has 0 radical (unpaired) electrons. The van der Waals surface area contributed by atoms with Crippen LogP contribution in [0.15, 0.2) is 48.9 Å². The Bertz CT molecular complexity index is 1410. The fourth-order valence-electron chi connectivity index (χ4n) is 4.11. The van der Waals surface area contributed by atoms with Gasteiger partial charge < -0.3 is 9.47 Å². The molecule has 0 unspecified atom stereocenters. The van der Waals surface area contributed by atoms with Gasteiger partial charge >= 0.3 is 6.03 Å². The summed E-state index contributed by atoms with van der Waals surface area (Å²) in [5.74, 6) is -1.70. The van der Waals surface area contributed by atoms with Crippen molar-refractivity contribution in [2.45, 2.75) is 6.54 Å². The molecule has 2 amide bonds. The Labute approximate surface area is 191 Å². The van der Waals surface area contributed by atoms with E-state index in [0.717, 1.165) is 18.2 Å². The van der Waals surface area contributed by atoms with E-state index in [2.05, 4.69) is 9.97 Å². The van der Waals surface area contributed by atoms with Crippen LogP contribution in [-0.4, -0.2) is 38.6 Å². The average Bonchev–Trinajstić information content (AvgIpc) is 3.31. The Kier molecular flexibility index (Phi) is 5.20. The molecule has 2 aromatic heterocycles. The van der Waals surface area contributed by atoms with Crippen LogP contribution in [0.3, 0.4) is 0 Å². The molecule has 0 N–H and O–H groups in total. The molecule has 0 atom stereocenters. The van der Waals surface area contributed by atoms with Gasteiger partial charge in [0.05, 0.1) is 11.9 Å². The lowest BCUT2D eigenvalue weighted by atomic mass is 10.1. The molecule has 1 aliphatic heterocycles. The molecule has 1 fully saturated rings. The predicted octanol–water partition coefficient (Wildman–Crippen LogP) is 5.15. The monoisotopic (exact) mass is 471 g/mol. The lowest BCUT2D eigenvalue weighted by Crippen LogP contribution is -2.31. The van der Waals surface area contributed by atoms with Crippen molar-refractivity contribution in [1.29, 1.82) is 0 Å². The number of fused-ring (bicyclic) bond motifs is 1. The van der Waals surface area contributed by atoms with Crippen molar-refractivity contribution in [3.63, 3.8) is 0 Å². The standard InChI is InChI=1S/C23H17ClF3N5O/c1-30-11-17(20-21(24)28-12-29-22(20)30)16-4-3-15(9-19(16)27)32-7-6-31(23(32)33)10-13-8-14(25)2-5-18(13)26/h2-5,8-9,11-12H,6-7,10H2,1H3. The second-order valence-corrected chi connectivity index (χ2v) is 8.13. The van der Waals surface area contributed by atoms with Gasteiger partial charge in [0.1, 0.15) is 34.6 Å². The van der Waals surface area contributed by atoms with Crippen LogP contribution < -0.4 is 4.90 Å². The first-order valence-corrected chi connectivity index (χ1v) is 10.5. The van der Waals surface area contributed by atoms with Gasteiger partial charge in [-0.25, -0.2) is 27.9 Å². The number of aromatic nitrogens is 3. The number of nitrogens with zero attached hydrogens (tertiary/aromatic N) is 5. The maximum absolute atomic E-state index is 15.2. The molecule has 1 saturated heterocycles. The first-order chi connectivity index (χ1) is 15.8. The number of benzene rings is 2. The lowest BCUT2D eigenvalue weighted by molar-refractivity contribution is 0.218. The molecule has 4 aromatic rings. The van der Waals surface area contributed by atoms with Gasteiger partial charge in [-0.05, 0) is 36.4 Å². The second kappa shape index (κ2) is 8.08. The van der Waals surface area contributed by atoms with Crippen molar-refractivity contribution in [3.8, 4) is 11.1 Å². The lowest BCUT2D eigenvalue weighted by Gasteiger charge is -2.19. The third-order valence-corrected chi connectivity index (χ3v) is 6.01. The minimum Gasteiger partial charge on any atom is -0.335 e. The number of urea groups is 1. The number of aryl methyl sites for hydroxylation is 1. The smallest absolute Gasteiger partial charge is 0.324 e. The SMILES string of the molecule is Cn1cc(-c2ccc(N3CCN(Cc4cc(F)ccc4F)C3=O)cc2F)c2c(Cl)ncnc21. The molecule has 6 nitrogen and oxygen atoms in total. The first kappa shape index (κ1) is 21.3. The Morgan fingerprint density at radius 1 is 1.00 bits per heavy atom. The molecule has 1 aliphatic rings. The number of hydrogen-bond donors (Lipinski definition) is 0. The maximum atomic E-state index is 15.2. The van der Waals surface area contributed by atoms with Crippen molar-refractivity contribution in [2.75, 3.05) is 18.0 Å². The summed E-state index contributed by atoms with van der Waals surface area (Å²) in [4.78, 5) is 23.9. The summed E-state index contributed by atoms with van der Waals surface area (Å²) in [6, 6.07) is 7.20. The number of amides is 2. The van der Waals surface area contributed by atoms with Gasteiger partial charge in [-0.2, -0.15) is 0 Å². The van der Waals surface area contributed by atoms with Crippen LogP contribution in [0, 0.1) is 17.5 Å². The fourth-order valence-corrected chi connectivity index (χ4v) is 4.34. The van der Waals surface area contributed by atoms with Gasteiger partial charge in [0, 0.05) is 48.7 Å². The van der Waals surface area contributed by atoms with Crippen LogP contribution in [0.25, 0.3) is 22.2 Å². The van der Waals surface area contributed by atoms with Crippen molar-refractivity contribution < 1.29 is 18.0 Å². The zero-order chi connectivity index (χ0) is 23.3. The van der Waals surface area contributed by atoms with Gasteiger partial charge in [0.25, 0.3) is 0 Å². The Morgan fingerprint density at radius 3 is 2.61 bits per heavy atom. The molecule has 168 valence electrons. The summed E-state index contributed by atoms with van der Waals surface area (Å²) < 4.78 is 44.4. The van der Waals surface area contributed by atoms with E-state index in [1.165, 1.54) is 22.2 Å². The molecule has 33 heavy (non-hydrogen) atoms. The van der Waals surface area contributed by atoms with E-state index in [1.807, 2.05) is 0 Å². The Morgan fingerprint density at radius 2 is 1.82 bits per heavy atom. The van der Waals surface area contributed by atoms with Gasteiger partial charge in [-0.1, -0.05) is 11.6 Å². The van der Waals surface area contributed by atoms with Crippen LogP contribution >= 0.6 is 11.6 Å². The number of carbonyl (C=O) groups excluding carboxylic acids is 1. The molecule has 0 saturated carbocycles. The van der Waals surface area contributed by atoms with E-state index in [0.29, 0.717) is 40.9 Å². The summed E-state index contributed by atoms with van der Waals surface area (Å²) in [7, 11) is 1.78. The summed E-state index contributed by atoms with van der Waals surface area (Å²) in [6.45, 7) is 0.519. The summed E-state index contributed by atoms with van der Waals surface area (Å²) >= 11 is 6.24. The average molecular weight is 472 g/mol. The van der Waals surface area contributed by atoms with Gasteiger partial charge in [0.2, 0.25) is 0 Å². The largest absolute Gasteiger partial charge is 0.335 e. The van der Waals surface area contributed by atoms with Crippen LogP contribution in [0.5, 0.6) is 0 Å². The number of anilines is 1. The second-order valence-electron chi connectivity index (χ2n) is 7.77. The number of rotatable bonds is 4. The molecular weight excluding hydrogens is 455 g/mol. The Hall–Kier alpha value is -3.59. The Balaban J connectivity index is 1.43. The summed E-state index contributed by atoms with van der Waals surface area (Å²) in [5, 5.41) is 0.753. The predicted molar refractivity (Wildman–Crippen MR) is 118 cm³/mol. The molecule has 0 bridgehead atoms. The van der Waals surface area contributed by atoms with E-state index in [9.17, 15) is 13.6 Å². The van der Waals surface area contributed by atoms with Crippen LogP contribution in [-0.2, 0) is 13.6 Å². The number of hydrogen-bond acceptors (Lipinski definition) is 3. The first-order valence-electron chi connectivity index (χ1n) is 10.1. The van der Waals surface area contributed by atoms with Crippen LogP contribution in [0.1, 0.15) is 5.56 Å². The van der Waals surface area contributed by atoms with Gasteiger partial charge in [0.15, 0.2) is 0 Å². The summed E-state index contributed by atoms with van der Waals surface area (Å²) in [5.41, 5.74) is 1.86. The molecule has 0 aliphatic carbocycles. The number of halogens is 4. The molecule has 5 rings (SSSR count). The van der Waals surface area contributed by atoms with Crippen molar-refractivity contribution in [2.24, 2.45) is 7.05 Å². The van der Waals surface area contributed by atoms with E-state index >= 15 is 4.39 Å². The van der Waals surface area contributed by atoms with Crippen LogP contribution in [0.4, 0.5) is 23.7 Å². The zero-order valence-corrected chi connectivity index (χ0v) is 18.2. The molecule has 2 aromatic carbocycles. The quantitative estimate of drug-likeness (QED) is 0.387. The topological polar surface area (TPSA) is 54.3 Å². The van der Waals surface area contributed by atoms with E-state index in [-0.39, 0.29) is 17.3 Å². The summed E-state index contributed by atoms with van der Waals surface area (Å²) in [6.07, 6.45) is 3.06. The zero-order valence-electron chi connectivity index (χ0n) is 17.4. The highest BCUT2D eigenvalue weighted by Gasteiger charge is 2.31. The number of carbonyl (C=O) groups is 1. The van der Waals surface area contributed by atoms with E-state index in [4.69, 9.17) is 11.6 Å². The third kappa shape index (κ3) is 3.68. The van der Waals surface area contributed by atoms with Crippen molar-refractivity contribution in [3.05, 3.63) is 77.1 Å². The minimum absolute atomic E-state index is 0.0754. The normalized spacial score (nSPS) is 14.0. The van der Waals surface area contributed by atoms with Crippen molar-refractivity contribution >= 4 is 34.4 Å². The molecule has 0 spiro atoms. The highest BCUT2D eigenvalue weighted by molar-refractivity contribution is 6.35. The van der Waals surface area contributed by atoms with Crippen molar-refractivity contribution in [1.82, 2.24) is 19.4 Å². The highest BCUT2D eigenvalue weighted by atomic mass is 35.5. The minimum atomic E-state index is -0.587. The maximum Gasteiger partial charge on any atom is 0.324 e. The fraction of sp³-hybridized carbons (Fsp3) is 0.174. The van der Waals surface area contributed by atoms with E-state index < -0.39 is 23.5 Å². The third-order valence-electron chi connectivity index (χ3n) is 5.73. The molecule has 10 heteroatoms. The van der Waals surface area contributed by atoms with Crippen LogP contribution in [0.2, 0.25) is 5.15 Å². The van der Waals surface area contributed by atoms with E-state index in [1.54, 1.807) is 29.9 Å². The molecular formula is C23H17ClF3N5O. The molecule has 3 heterocycles. The highest BCUT2D eigenvalue weighted by Crippen LogP contribution is 2.36.